The smallest absolute Gasteiger partial charge is 0.159 e. The van der Waals surface area contributed by atoms with Crippen molar-refractivity contribution < 1.29 is 9.13 Å². The van der Waals surface area contributed by atoms with Crippen LogP contribution in [0.5, 0.6) is 5.75 Å². The highest BCUT2D eigenvalue weighted by molar-refractivity contribution is 5.55. The van der Waals surface area contributed by atoms with Crippen LogP contribution in [0.3, 0.4) is 0 Å². The second kappa shape index (κ2) is 16.6. The zero-order valence-electron chi connectivity index (χ0n) is 21.2. The lowest BCUT2D eigenvalue weighted by atomic mass is 9.99. The van der Waals surface area contributed by atoms with Gasteiger partial charge in [-0.05, 0) is 37.2 Å². The molecule has 0 spiro atoms. The number of hydrogen-bond donors (Lipinski definition) is 0. The van der Waals surface area contributed by atoms with Crippen molar-refractivity contribution in [1.29, 1.82) is 0 Å². The second-order valence-electron chi connectivity index (χ2n) is 9.54. The first-order valence-corrected chi connectivity index (χ1v) is 13.3. The predicted molar refractivity (Wildman–Crippen MR) is 137 cm³/mol. The minimum atomic E-state index is -0.947. The average molecular weight is 457 g/mol. The molecule has 2 rings (SSSR count). The van der Waals surface area contributed by atoms with Crippen molar-refractivity contribution in [3.8, 4) is 17.1 Å². The third-order valence-electron chi connectivity index (χ3n) is 6.34. The highest BCUT2D eigenvalue weighted by atomic mass is 19.1. The summed E-state index contributed by atoms with van der Waals surface area (Å²) in [5.41, 5.74) is 2.36. The molecule has 184 valence electrons. The van der Waals surface area contributed by atoms with Gasteiger partial charge in [-0.25, -0.2) is 14.4 Å². The molecule has 3 nitrogen and oxygen atoms in total. The van der Waals surface area contributed by atoms with E-state index < -0.39 is 6.17 Å². The van der Waals surface area contributed by atoms with Gasteiger partial charge < -0.3 is 4.74 Å². The van der Waals surface area contributed by atoms with Crippen LogP contribution in [-0.4, -0.2) is 22.7 Å². The van der Waals surface area contributed by atoms with Crippen LogP contribution in [0.15, 0.2) is 36.7 Å². The standard InChI is InChI=1S/C29H45FN2O/c1-4-6-7-8-9-10-11-12-14-25-16-18-26(19-17-25)29-31-21-28(22-32-29)33-23-27(30)20-15-24(3)13-5-2/h16-19,21-22,24,27H,4-15,20,23H2,1-3H3. The Labute approximate surface area is 201 Å². The molecule has 33 heavy (non-hydrogen) atoms. The molecule has 0 radical (unpaired) electrons. The number of rotatable bonds is 18. The summed E-state index contributed by atoms with van der Waals surface area (Å²) in [7, 11) is 0. The molecule has 4 heteroatoms. The molecule has 2 atom stereocenters. The molecule has 0 N–H and O–H groups in total. The van der Waals surface area contributed by atoms with E-state index in [0.29, 0.717) is 23.9 Å². The SMILES string of the molecule is CCCCCCCCCCc1ccc(-c2ncc(OCC(F)CCC(C)CCC)cn2)cc1. The first-order chi connectivity index (χ1) is 16.1. The van der Waals surface area contributed by atoms with E-state index >= 15 is 0 Å². The topological polar surface area (TPSA) is 35.0 Å². The van der Waals surface area contributed by atoms with E-state index in [0.717, 1.165) is 31.2 Å². The second-order valence-corrected chi connectivity index (χ2v) is 9.54. The van der Waals surface area contributed by atoms with E-state index in [4.69, 9.17) is 4.74 Å². The number of aromatic nitrogens is 2. The van der Waals surface area contributed by atoms with Crippen molar-refractivity contribution >= 4 is 0 Å². The maximum Gasteiger partial charge on any atom is 0.159 e. The number of ether oxygens (including phenoxy) is 1. The number of hydrogen-bond acceptors (Lipinski definition) is 3. The summed E-state index contributed by atoms with van der Waals surface area (Å²) in [5.74, 6) is 1.77. The highest BCUT2D eigenvalue weighted by Crippen LogP contribution is 2.20. The average Bonchev–Trinajstić information content (AvgIpc) is 2.84. The van der Waals surface area contributed by atoms with Gasteiger partial charge in [0.15, 0.2) is 11.6 Å². The Morgan fingerprint density at radius 3 is 2.06 bits per heavy atom. The Hall–Kier alpha value is -1.97. The van der Waals surface area contributed by atoms with Crippen LogP contribution in [0.2, 0.25) is 0 Å². The molecule has 0 fully saturated rings. The van der Waals surface area contributed by atoms with Gasteiger partial charge in [-0.15, -0.1) is 0 Å². The van der Waals surface area contributed by atoms with Crippen molar-refractivity contribution in [1.82, 2.24) is 9.97 Å². The van der Waals surface area contributed by atoms with Gasteiger partial charge in [-0.3, -0.25) is 0 Å². The maximum absolute atomic E-state index is 14.1. The monoisotopic (exact) mass is 456 g/mol. The quantitative estimate of drug-likeness (QED) is 0.210. The van der Waals surface area contributed by atoms with E-state index in [1.807, 2.05) is 0 Å². The minimum Gasteiger partial charge on any atom is -0.487 e. The zero-order valence-corrected chi connectivity index (χ0v) is 21.2. The van der Waals surface area contributed by atoms with Crippen molar-refractivity contribution in [3.63, 3.8) is 0 Å². The van der Waals surface area contributed by atoms with Gasteiger partial charge in [-0.1, -0.05) is 103 Å². The summed E-state index contributed by atoms with van der Waals surface area (Å²) in [6.45, 7) is 6.69. The van der Waals surface area contributed by atoms with E-state index in [-0.39, 0.29) is 6.61 Å². The van der Waals surface area contributed by atoms with Crippen LogP contribution in [0.1, 0.15) is 103 Å². The highest BCUT2D eigenvalue weighted by Gasteiger charge is 2.11. The number of benzene rings is 1. The molecule has 0 bridgehead atoms. The molecule has 0 aliphatic carbocycles. The Kier molecular flexibility index (Phi) is 13.7. The summed E-state index contributed by atoms with van der Waals surface area (Å²) in [4.78, 5) is 8.83. The molecule has 0 aliphatic heterocycles. The zero-order chi connectivity index (χ0) is 23.7. The molecule has 0 saturated carbocycles. The molecule has 1 aromatic carbocycles. The Morgan fingerprint density at radius 2 is 1.42 bits per heavy atom. The van der Waals surface area contributed by atoms with E-state index in [1.165, 1.54) is 56.9 Å². The summed E-state index contributed by atoms with van der Waals surface area (Å²) in [6.07, 6.45) is 18.0. The van der Waals surface area contributed by atoms with Crippen LogP contribution in [-0.2, 0) is 6.42 Å². The largest absolute Gasteiger partial charge is 0.487 e. The molecule has 2 aromatic rings. The van der Waals surface area contributed by atoms with Crippen LogP contribution in [0.4, 0.5) is 4.39 Å². The van der Waals surface area contributed by atoms with Gasteiger partial charge in [0.1, 0.15) is 12.8 Å². The van der Waals surface area contributed by atoms with Crippen molar-refractivity contribution in [2.75, 3.05) is 6.61 Å². The van der Waals surface area contributed by atoms with Crippen molar-refractivity contribution in [2.24, 2.45) is 5.92 Å². The Balaban J connectivity index is 1.68. The van der Waals surface area contributed by atoms with Gasteiger partial charge in [0.2, 0.25) is 0 Å². The number of aryl methyl sites for hydroxylation is 1. The molecule has 2 unspecified atom stereocenters. The summed E-state index contributed by atoms with van der Waals surface area (Å²) in [5, 5.41) is 0. The van der Waals surface area contributed by atoms with Gasteiger partial charge >= 0.3 is 0 Å². The van der Waals surface area contributed by atoms with Gasteiger partial charge in [0.25, 0.3) is 0 Å². The van der Waals surface area contributed by atoms with Crippen LogP contribution in [0.25, 0.3) is 11.4 Å². The summed E-state index contributed by atoms with van der Waals surface area (Å²) < 4.78 is 19.7. The van der Waals surface area contributed by atoms with Crippen molar-refractivity contribution in [2.45, 2.75) is 110 Å². The summed E-state index contributed by atoms with van der Waals surface area (Å²) in [6, 6.07) is 8.53. The summed E-state index contributed by atoms with van der Waals surface area (Å²) >= 11 is 0. The third-order valence-corrected chi connectivity index (χ3v) is 6.34. The third kappa shape index (κ3) is 11.6. The number of halogens is 1. The van der Waals surface area contributed by atoms with Crippen molar-refractivity contribution in [3.05, 3.63) is 42.2 Å². The first-order valence-electron chi connectivity index (χ1n) is 13.3. The fourth-order valence-electron chi connectivity index (χ4n) is 4.20. The predicted octanol–water partition coefficient (Wildman–Crippen LogP) is 8.76. The lowest BCUT2D eigenvalue weighted by Gasteiger charge is -2.13. The lowest BCUT2D eigenvalue weighted by Crippen LogP contribution is -2.14. The number of unbranched alkanes of at least 4 members (excludes halogenated alkanes) is 7. The molecule has 0 amide bonds. The first kappa shape index (κ1) is 27.3. The van der Waals surface area contributed by atoms with Crippen LogP contribution < -0.4 is 4.74 Å². The molecule has 1 heterocycles. The van der Waals surface area contributed by atoms with E-state index in [2.05, 4.69) is 55.0 Å². The lowest BCUT2D eigenvalue weighted by molar-refractivity contribution is 0.178. The van der Waals surface area contributed by atoms with Gasteiger partial charge in [0, 0.05) is 5.56 Å². The number of nitrogens with zero attached hydrogens (tertiary/aromatic N) is 2. The van der Waals surface area contributed by atoms with Gasteiger partial charge in [-0.2, -0.15) is 0 Å². The molecular weight excluding hydrogens is 411 g/mol. The maximum atomic E-state index is 14.1. The number of alkyl halides is 1. The Morgan fingerprint density at radius 1 is 0.788 bits per heavy atom. The van der Waals surface area contributed by atoms with Gasteiger partial charge in [0.05, 0.1) is 12.4 Å². The van der Waals surface area contributed by atoms with Crippen LogP contribution in [0, 0.1) is 5.92 Å². The minimum absolute atomic E-state index is 0.0645. The fraction of sp³-hybridized carbons (Fsp3) is 0.655. The normalized spacial score (nSPS) is 13.1. The van der Waals surface area contributed by atoms with Crippen LogP contribution >= 0.6 is 0 Å². The molecule has 0 saturated heterocycles. The fourth-order valence-corrected chi connectivity index (χ4v) is 4.20. The molecule has 1 aromatic heterocycles. The Bertz CT molecular complexity index is 732. The van der Waals surface area contributed by atoms with E-state index in [9.17, 15) is 4.39 Å². The molecular formula is C29H45FN2O. The van der Waals surface area contributed by atoms with E-state index in [1.54, 1.807) is 12.4 Å². The molecule has 0 aliphatic rings.